The molecule has 0 aliphatic rings. The van der Waals surface area contributed by atoms with Crippen LogP contribution in [0.4, 0.5) is 0 Å². The van der Waals surface area contributed by atoms with Gasteiger partial charge in [0.2, 0.25) is 0 Å². The quantitative estimate of drug-likeness (QED) is 0.320. The summed E-state index contributed by atoms with van der Waals surface area (Å²) in [6, 6.07) is 8.21. The monoisotopic (exact) mass is 479 g/mol. The topological polar surface area (TPSA) is 56.7 Å². The molecule has 0 radical (unpaired) electrons. The minimum absolute atomic E-state index is 0. The highest BCUT2D eigenvalue weighted by Gasteiger charge is 2.24. The van der Waals surface area contributed by atoms with Crippen molar-refractivity contribution in [3.05, 3.63) is 44.3 Å². The van der Waals surface area contributed by atoms with Crippen LogP contribution in [0.25, 0.3) is 0 Å². The van der Waals surface area contributed by atoms with Gasteiger partial charge in [-0.25, -0.2) is 4.99 Å². The molecular formula is C17H26IN3OS2. The fourth-order valence-electron chi connectivity index (χ4n) is 2.12. The molecule has 24 heavy (non-hydrogen) atoms. The van der Waals surface area contributed by atoms with E-state index < -0.39 is 5.60 Å². The van der Waals surface area contributed by atoms with Gasteiger partial charge in [0.25, 0.3) is 0 Å². The zero-order valence-corrected chi connectivity index (χ0v) is 18.3. The second-order valence-electron chi connectivity index (χ2n) is 5.52. The van der Waals surface area contributed by atoms with Crippen LogP contribution < -0.4 is 10.6 Å². The number of rotatable bonds is 7. The summed E-state index contributed by atoms with van der Waals surface area (Å²) in [5.74, 6) is 0.732. The van der Waals surface area contributed by atoms with E-state index in [9.17, 15) is 5.11 Å². The number of aliphatic imine (C=N–C) groups is 1. The van der Waals surface area contributed by atoms with Crippen molar-refractivity contribution in [2.45, 2.75) is 39.3 Å². The number of nitrogens with one attached hydrogen (secondary N) is 2. The van der Waals surface area contributed by atoms with Crippen LogP contribution >= 0.6 is 46.7 Å². The number of thiophene rings is 2. The smallest absolute Gasteiger partial charge is 0.191 e. The van der Waals surface area contributed by atoms with Crippen molar-refractivity contribution in [3.8, 4) is 0 Å². The molecule has 0 aliphatic carbocycles. The summed E-state index contributed by atoms with van der Waals surface area (Å²) >= 11 is 3.37. The fourth-order valence-corrected chi connectivity index (χ4v) is 3.79. The molecule has 1 unspecified atom stereocenters. The summed E-state index contributed by atoms with van der Waals surface area (Å²) in [5, 5.41) is 19.0. The SMILES string of the molecule is CCNC(=NCc1ccc(CC)s1)NCC(C)(O)c1cccs1.I. The van der Waals surface area contributed by atoms with Gasteiger partial charge in [-0.2, -0.15) is 0 Å². The van der Waals surface area contributed by atoms with E-state index in [4.69, 9.17) is 0 Å². The minimum atomic E-state index is -0.900. The molecule has 2 aromatic heterocycles. The number of aryl methyl sites for hydroxylation is 1. The Bertz CT molecular complexity index is 624. The first-order valence-electron chi connectivity index (χ1n) is 7.91. The lowest BCUT2D eigenvalue weighted by Gasteiger charge is -2.23. The largest absolute Gasteiger partial charge is 0.383 e. The van der Waals surface area contributed by atoms with Gasteiger partial charge in [-0.05, 0) is 43.8 Å². The number of hydrogen-bond donors (Lipinski definition) is 3. The first kappa shape index (κ1) is 21.4. The first-order valence-corrected chi connectivity index (χ1v) is 9.61. The minimum Gasteiger partial charge on any atom is -0.383 e. The average Bonchev–Trinajstić information content (AvgIpc) is 3.21. The van der Waals surface area contributed by atoms with Gasteiger partial charge in [0.05, 0.1) is 13.1 Å². The van der Waals surface area contributed by atoms with E-state index in [1.54, 1.807) is 22.7 Å². The van der Waals surface area contributed by atoms with E-state index in [1.165, 1.54) is 9.75 Å². The molecule has 0 spiro atoms. The van der Waals surface area contributed by atoms with Gasteiger partial charge in [0.15, 0.2) is 5.96 Å². The molecule has 0 amide bonds. The average molecular weight is 479 g/mol. The van der Waals surface area contributed by atoms with Gasteiger partial charge in [-0.3, -0.25) is 0 Å². The van der Waals surface area contributed by atoms with Crippen LogP contribution in [0.5, 0.6) is 0 Å². The van der Waals surface area contributed by atoms with Crippen LogP contribution in [0.1, 0.15) is 35.4 Å². The molecule has 7 heteroatoms. The van der Waals surface area contributed by atoms with Gasteiger partial charge >= 0.3 is 0 Å². The van der Waals surface area contributed by atoms with Gasteiger partial charge in [0.1, 0.15) is 5.60 Å². The Morgan fingerprint density at radius 2 is 1.96 bits per heavy atom. The number of guanidine groups is 1. The van der Waals surface area contributed by atoms with E-state index >= 15 is 0 Å². The molecular weight excluding hydrogens is 453 g/mol. The third-order valence-electron chi connectivity index (χ3n) is 3.46. The van der Waals surface area contributed by atoms with Crippen LogP contribution in [0.2, 0.25) is 0 Å². The lowest BCUT2D eigenvalue weighted by Crippen LogP contribution is -2.44. The third kappa shape index (κ3) is 6.34. The second kappa shape index (κ2) is 10.4. The van der Waals surface area contributed by atoms with Gasteiger partial charge < -0.3 is 15.7 Å². The van der Waals surface area contributed by atoms with Crippen molar-refractivity contribution in [1.82, 2.24) is 10.6 Å². The Morgan fingerprint density at radius 3 is 2.54 bits per heavy atom. The number of halogens is 1. The summed E-state index contributed by atoms with van der Waals surface area (Å²) in [5.41, 5.74) is -0.900. The van der Waals surface area contributed by atoms with Crippen LogP contribution in [0.15, 0.2) is 34.6 Å². The van der Waals surface area contributed by atoms with Crippen LogP contribution in [0, 0.1) is 0 Å². The number of hydrogen-bond acceptors (Lipinski definition) is 4. The molecule has 2 heterocycles. The predicted octanol–water partition coefficient (Wildman–Crippen LogP) is 3.95. The van der Waals surface area contributed by atoms with Crippen LogP contribution in [-0.2, 0) is 18.6 Å². The zero-order valence-electron chi connectivity index (χ0n) is 14.3. The van der Waals surface area contributed by atoms with Crippen LogP contribution in [-0.4, -0.2) is 24.2 Å². The number of nitrogens with zero attached hydrogens (tertiary/aromatic N) is 1. The van der Waals surface area contributed by atoms with Crippen molar-refractivity contribution >= 4 is 52.6 Å². The number of aliphatic hydroxyl groups is 1. The van der Waals surface area contributed by atoms with Crippen molar-refractivity contribution in [2.24, 2.45) is 4.99 Å². The van der Waals surface area contributed by atoms with Crippen LogP contribution in [0.3, 0.4) is 0 Å². The highest BCUT2D eigenvalue weighted by molar-refractivity contribution is 14.0. The van der Waals surface area contributed by atoms with E-state index in [0.717, 1.165) is 23.8 Å². The molecule has 0 aliphatic heterocycles. The molecule has 4 nitrogen and oxygen atoms in total. The van der Waals surface area contributed by atoms with E-state index in [-0.39, 0.29) is 24.0 Å². The maximum absolute atomic E-state index is 10.6. The van der Waals surface area contributed by atoms with Crippen molar-refractivity contribution in [1.29, 1.82) is 0 Å². The Hall–Kier alpha value is -0.640. The zero-order chi connectivity index (χ0) is 16.7. The lowest BCUT2D eigenvalue weighted by atomic mass is 10.1. The molecule has 2 aromatic rings. The molecule has 1 atom stereocenters. The molecule has 0 bridgehead atoms. The third-order valence-corrected chi connectivity index (χ3v) is 5.79. The summed E-state index contributed by atoms with van der Waals surface area (Å²) in [7, 11) is 0. The van der Waals surface area contributed by atoms with E-state index in [2.05, 4.69) is 34.7 Å². The highest BCUT2D eigenvalue weighted by Crippen LogP contribution is 2.24. The second-order valence-corrected chi connectivity index (χ2v) is 7.72. The maximum atomic E-state index is 10.6. The first-order chi connectivity index (χ1) is 11.0. The van der Waals surface area contributed by atoms with Crippen molar-refractivity contribution < 1.29 is 5.11 Å². The predicted molar refractivity (Wildman–Crippen MR) is 116 cm³/mol. The standard InChI is InChI=1S/C17H25N3OS2.HI/c1-4-13-8-9-14(23-13)11-19-16(18-5-2)20-12-17(3,21)15-7-6-10-22-15;/h6-10,21H,4-5,11-12H2,1-3H3,(H2,18,19,20);1H. The summed E-state index contributed by atoms with van der Waals surface area (Å²) in [6.45, 7) is 7.89. The maximum Gasteiger partial charge on any atom is 0.191 e. The molecule has 0 saturated heterocycles. The van der Waals surface area contributed by atoms with Crippen molar-refractivity contribution in [2.75, 3.05) is 13.1 Å². The Kier molecular flexibility index (Phi) is 9.25. The normalized spacial score (nSPS) is 13.9. The summed E-state index contributed by atoms with van der Waals surface area (Å²) in [6.07, 6.45) is 1.07. The molecule has 0 aromatic carbocycles. The van der Waals surface area contributed by atoms with Gasteiger partial charge in [0, 0.05) is 21.2 Å². The molecule has 134 valence electrons. The van der Waals surface area contributed by atoms with E-state index in [0.29, 0.717) is 13.1 Å². The summed E-state index contributed by atoms with van der Waals surface area (Å²) < 4.78 is 0. The highest BCUT2D eigenvalue weighted by atomic mass is 127. The lowest BCUT2D eigenvalue weighted by molar-refractivity contribution is 0.0655. The fraction of sp³-hybridized carbons (Fsp3) is 0.471. The molecule has 0 saturated carbocycles. The van der Waals surface area contributed by atoms with Gasteiger partial charge in [-0.15, -0.1) is 46.7 Å². The van der Waals surface area contributed by atoms with Gasteiger partial charge in [-0.1, -0.05) is 13.0 Å². The van der Waals surface area contributed by atoms with E-state index in [1.807, 2.05) is 31.4 Å². The Balaban J connectivity index is 0.00000288. The molecule has 2 rings (SSSR count). The molecule has 3 N–H and O–H groups in total. The van der Waals surface area contributed by atoms with Crippen molar-refractivity contribution in [3.63, 3.8) is 0 Å². The molecule has 0 fully saturated rings. The Morgan fingerprint density at radius 1 is 1.21 bits per heavy atom. The summed E-state index contributed by atoms with van der Waals surface area (Å²) in [4.78, 5) is 8.20. The Labute approximate surface area is 169 Å².